The highest BCUT2D eigenvalue weighted by Crippen LogP contribution is 2.34. The van der Waals surface area contributed by atoms with Crippen molar-refractivity contribution in [3.8, 4) is 5.75 Å². The number of aliphatic hydroxyl groups is 5. The summed E-state index contributed by atoms with van der Waals surface area (Å²) >= 11 is 0. The Morgan fingerprint density at radius 1 is 0.965 bits per heavy atom. The number of carbonyl (C=O) groups excluding carboxylic acids is 1. The molecule has 5 heterocycles. The predicted octanol–water partition coefficient (Wildman–Crippen LogP) is -0.802. The summed E-state index contributed by atoms with van der Waals surface area (Å²) in [5, 5.41) is 56.5. The first-order valence-electron chi connectivity index (χ1n) is 18.2. The average Bonchev–Trinajstić information content (AvgIpc) is 3.85. The quantitative estimate of drug-likeness (QED) is 0.0862. The molecule has 3 aromatic rings. The van der Waals surface area contributed by atoms with Crippen LogP contribution < -0.4 is 15.0 Å². The van der Waals surface area contributed by atoms with Gasteiger partial charge >= 0.3 is 0 Å². The summed E-state index contributed by atoms with van der Waals surface area (Å²) in [6, 6.07) is 5.55. The van der Waals surface area contributed by atoms with E-state index in [-0.39, 0.29) is 23.9 Å². The summed E-state index contributed by atoms with van der Waals surface area (Å²) in [6.45, 7) is 2.60. The van der Waals surface area contributed by atoms with Crippen molar-refractivity contribution in [1.82, 2.24) is 24.8 Å². The maximum absolute atomic E-state index is 13.3. The van der Waals surface area contributed by atoms with Crippen molar-refractivity contribution in [3.05, 3.63) is 59.6 Å². The van der Waals surface area contributed by atoms with E-state index in [1.807, 2.05) is 14.1 Å². The summed E-state index contributed by atoms with van der Waals surface area (Å²) < 4.78 is 46.9. The molecule has 12 atom stereocenters. The normalized spacial score (nSPS) is 32.6. The van der Waals surface area contributed by atoms with Gasteiger partial charge in [0.1, 0.15) is 55.3 Å². The number of imidazole rings is 1. The Labute approximate surface area is 328 Å². The first-order valence-corrected chi connectivity index (χ1v) is 18.2. The van der Waals surface area contributed by atoms with Crippen molar-refractivity contribution in [2.75, 3.05) is 53.5 Å². The molecule has 6 N–H and O–H groups in total. The number of carbonyl (C=O) groups is 1. The summed E-state index contributed by atoms with van der Waals surface area (Å²) in [6.07, 6.45) is -7.09. The summed E-state index contributed by atoms with van der Waals surface area (Å²) in [4.78, 5) is 28.1. The number of anilines is 1. The number of nitrogens with one attached hydrogen (secondary N) is 1. The van der Waals surface area contributed by atoms with E-state index >= 15 is 0 Å². The molecule has 3 saturated heterocycles. The fourth-order valence-corrected chi connectivity index (χ4v) is 7.02. The molecule has 20 heteroatoms. The number of benzene rings is 1. The number of aromatic nitrogens is 4. The molecule has 0 aliphatic carbocycles. The molecule has 1 amide bonds. The van der Waals surface area contributed by atoms with Gasteiger partial charge in [0, 0.05) is 33.9 Å². The van der Waals surface area contributed by atoms with Gasteiger partial charge in [-0.2, -0.15) is 0 Å². The minimum absolute atomic E-state index is 0.0362. The minimum Gasteiger partial charge on any atom is -0.495 e. The monoisotopic (exact) mass is 802 g/mol. The zero-order valence-corrected chi connectivity index (χ0v) is 32.5. The zero-order chi connectivity index (χ0) is 41.1. The van der Waals surface area contributed by atoms with Crippen molar-refractivity contribution >= 4 is 29.0 Å². The number of rotatable bonds is 14. The van der Waals surface area contributed by atoms with Crippen LogP contribution >= 0.6 is 0 Å². The lowest BCUT2D eigenvalue weighted by Crippen LogP contribution is -2.58. The Morgan fingerprint density at radius 2 is 1.68 bits per heavy atom. The Hall–Kier alpha value is -4.48. The van der Waals surface area contributed by atoms with Gasteiger partial charge in [0.2, 0.25) is 5.91 Å². The molecule has 2 aromatic heterocycles. The van der Waals surface area contributed by atoms with Crippen LogP contribution in [0.5, 0.6) is 5.75 Å². The van der Waals surface area contributed by atoms with Crippen LogP contribution in [0.25, 0.3) is 17.2 Å². The fraction of sp³-hybridized carbons (Fsp3) is 0.568. The standard InChI is InChI=1S/C37H50N6O14/c1-17(34(49)41-23-21(13-44)56-35(25(23)45)43-16-40-24-32(42(3)4)38-15-39-33(24)43)12-19-8-10-20(11-9-19)55-37-27(47)26(46)30(57-37)22(50-5)14-53-36-28(48)31(52-7)29(51-6)18(2)54-36/h8-12,15-16,18,21,23,25-29,31,35-37,44-48H,13-14H2,1-7H3,(H,41,49)/b17-12+,30-22-/t18-,21-,23?,25+,26?,27-,28+,29-,31-,35-,36+,37-/m1/s1. The molecule has 3 aliphatic rings. The van der Waals surface area contributed by atoms with E-state index in [9.17, 15) is 30.3 Å². The van der Waals surface area contributed by atoms with Gasteiger partial charge in [-0.05, 0) is 37.6 Å². The third-order valence-electron chi connectivity index (χ3n) is 10.1. The summed E-state index contributed by atoms with van der Waals surface area (Å²) in [7, 11) is 7.90. The second-order valence-corrected chi connectivity index (χ2v) is 14.0. The van der Waals surface area contributed by atoms with Crippen LogP contribution in [-0.2, 0) is 38.0 Å². The molecule has 312 valence electrons. The number of hydrogen-bond acceptors (Lipinski definition) is 18. The Morgan fingerprint density at radius 3 is 2.33 bits per heavy atom. The topological polar surface area (TPSA) is 251 Å². The van der Waals surface area contributed by atoms with Crippen molar-refractivity contribution in [1.29, 1.82) is 0 Å². The van der Waals surface area contributed by atoms with Crippen LogP contribution in [0.3, 0.4) is 0 Å². The Balaban J connectivity index is 1.06. The number of hydrogen-bond donors (Lipinski definition) is 6. The number of aliphatic hydroxyl groups excluding tert-OH is 5. The fourth-order valence-electron chi connectivity index (χ4n) is 7.02. The Bertz CT molecular complexity index is 1910. The van der Waals surface area contributed by atoms with Crippen molar-refractivity contribution in [2.45, 2.75) is 87.5 Å². The van der Waals surface area contributed by atoms with Crippen molar-refractivity contribution in [3.63, 3.8) is 0 Å². The van der Waals surface area contributed by atoms with Gasteiger partial charge in [0.05, 0.1) is 32.2 Å². The van der Waals surface area contributed by atoms with E-state index in [2.05, 4.69) is 20.3 Å². The van der Waals surface area contributed by atoms with E-state index in [4.69, 9.17) is 37.9 Å². The highest BCUT2D eigenvalue weighted by Gasteiger charge is 2.48. The lowest BCUT2D eigenvalue weighted by Gasteiger charge is -2.42. The van der Waals surface area contributed by atoms with Gasteiger partial charge in [-0.25, -0.2) is 15.0 Å². The number of ether oxygens (including phenoxy) is 8. The smallest absolute Gasteiger partial charge is 0.269 e. The molecule has 20 nitrogen and oxygen atoms in total. The first kappa shape index (κ1) is 42.1. The van der Waals surface area contributed by atoms with E-state index in [1.165, 1.54) is 34.0 Å². The SMILES string of the molecule is CO/C(CO[C@H]1O[C@H](C)[C@@H](OC)[C@H](OC)[C@@H]1O)=C1\O[C@@H](Oc2ccc(/C=C(\C)C(=O)NC3[C@@H](CO)O[C@@H](n4cnc5c(N(C)C)ncnc54)[C@H]3O)cc2)[C@H](O)C1O. The molecule has 57 heavy (non-hydrogen) atoms. The third kappa shape index (κ3) is 8.56. The molecule has 0 spiro atoms. The van der Waals surface area contributed by atoms with E-state index in [0.717, 1.165) is 0 Å². The molecular weight excluding hydrogens is 752 g/mol. The van der Waals surface area contributed by atoms with Crippen molar-refractivity contribution < 1.29 is 68.2 Å². The summed E-state index contributed by atoms with van der Waals surface area (Å²) in [5.74, 6) is 0.278. The molecule has 0 radical (unpaired) electrons. The number of fused-ring (bicyclic) bond motifs is 1. The highest BCUT2D eigenvalue weighted by molar-refractivity contribution is 5.97. The second kappa shape index (κ2) is 18.0. The summed E-state index contributed by atoms with van der Waals surface area (Å²) in [5.41, 5.74) is 1.84. The lowest BCUT2D eigenvalue weighted by molar-refractivity contribution is -0.299. The number of nitrogens with zero attached hydrogens (tertiary/aromatic N) is 5. The van der Waals surface area contributed by atoms with Gasteiger partial charge in [-0.1, -0.05) is 12.1 Å². The van der Waals surface area contributed by atoms with Crippen LogP contribution in [0.2, 0.25) is 0 Å². The van der Waals surface area contributed by atoms with Gasteiger partial charge in [-0.15, -0.1) is 0 Å². The van der Waals surface area contributed by atoms with E-state index in [0.29, 0.717) is 28.1 Å². The maximum Gasteiger partial charge on any atom is 0.269 e. The minimum atomic E-state index is -1.52. The van der Waals surface area contributed by atoms with Gasteiger partial charge in [0.25, 0.3) is 6.29 Å². The predicted molar refractivity (Wildman–Crippen MR) is 198 cm³/mol. The van der Waals surface area contributed by atoms with Gasteiger partial charge in [0.15, 0.2) is 47.1 Å². The third-order valence-corrected chi connectivity index (χ3v) is 10.1. The van der Waals surface area contributed by atoms with Gasteiger partial charge < -0.3 is 73.6 Å². The van der Waals surface area contributed by atoms with Crippen LogP contribution in [-0.4, -0.2) is 167 Å². The second-order valence-electron chi connectivity index (χ2n) is 14.0. The number of methoxy groups -OCH3 is 3. The number of amides is 1. The molecule has 0 saturated carbocycles. The molecular formula is C37H50N6O14. The molecule has 2 unspecified atom stereocenters. The molecule has 1 aromatic carbocycles. The highest BCUT2D eigenvalue weighted by atomic mass is 16.7. The van der Waals surface area contributed by atoms with Crippen LogP contribution in [0.15, 0.2) is 54.0 Å². The van der Waals surface area contributed by atoms with Crippen molar-refractivity contribution in [2.24, 2.45) is 0 Å². The first-order chi connectivity index (χ1) is 27.3. The average molecular weight is 803 g/mol. The molecule has 6 rings (SSSR count). The lowest BCUT2D eigenvalue weighted by atomic mass is 9.99. The van der Waals surface area contributed by atoms with E-state index < -0.39 is 86.2 Å². The van der Waals surface area contributed by atoms with Crippen LogP contribution in [0, 0.1) is 0 Å². The largest absolute Gasteiger partial charge is 0.495 e. The Kier molecular flexibility index (Phi) is 13.3. The van der Waals surface area contributed by atoms with Crippen LogP contribution in [0.1, 0.15) is 25.6 Å². The molecule has 0 bridgehead atoms. The zero-order valence-electron chi connectivity index (χ0n) is 32.5. The van der Waals surface area contributed by atoms with Crippen LogP contribution in [0.4, 0.5) is 5.82 Å². The van der Waals surface area contributed by atoms with Gasteiger partial charge in [-0.3, -0.25) is 9.36 Å². The molecule has 3 aliphatic heterocycles. The molecule has 3 fully saturated rings. The van der Waals surface area contributed by atoms with E-state index in [1.54, 1.807) is 53.7 Å². The maximum atomic E-state index is 13.3.